The molecule has 0 bridgehead atoms. The largest absolute Gasteiger partial charge is 0.288 e. The van der Waals surface area contributed by atoms with Crippen molar-refractivity contribution >= 4 is 44.0 Å². The molecule has 0 aromatic heterocycles. The van der Waals surface area contributed by atoms with Gasteiger partial charge in [-0.2, -0.15) is 0 Å². The van der Waals surface area contributed by atoms with E-state index < -0.39 is 0 Å². The molecule has 0 aromatic rings. The van der Waals surface area contributed by atoms with Crippen molar-refractivity contribution in [2.45, 2.75) is 46.0 Å². The van der Waals surface area contributed by atoms with Gasteiger partial charge in [-0.15, -0.1) is 0 Å². The Morgan fingerprint density at radius 3 is 2.64 bits per heavy atom. The monoisotopic (exact) mass is 327 g/mol. The molecule has 0 aliphatic rings. The molecule has 0 saturated heterocycles. The van der Waals surface area contributed by atoms with Gasteiger partial charge >= 0.3 is 0 Å². The molecule has 0 N–H and O–H groups in total. The van der Waals surface area contributed by atoms with Crippen molar-refractivity contribution in [3.63, 3.8) is 0 Å². The molecule has 0 saturated carbocycles. The first-order valence-corrected chi connectivity index (χ1v) is 7.02. The second-order valence-electron chi connectivity index (χ2n) is 3.18. The molecule has 0 aliphatic carbocycles. The third-order valence-electron chi connectivity index (χ3n) is 1.84. The maximum atomic E-state index is 10.6. The number of rotatable bonds is 8. The molecular formula is C10H18INOS. The number of halogens is 1. The fourth-order valence-corrected chi connectivity index (χ4v) is 1.98. The van der Waals surface area contributed by atoms with Crippen molar-refractivity contribution in [2.75, 3.05) is 5.75 Å². The lowest BCUT2D eigenvalue weighted by Crippen LogP contribution is -1.87. The van der Waals surface area contributed by atoms with E-state index in [0.29, 0.717) is 0 Å². The standard InChI is InChI=1S/C10H18INOS/c1-3-9(2)12-14-8-6-4-5-7-10(11)13/h3-8H2,1-2H3/b12-9+. The second-order valence-corrected chi connectivity index (χ2v) is 5.23. The average Bonchev–Trinajstić information content (AvgIpc) is 2.15. The molecule has 0 aliphatic heterocycles. The molecule has 0 fully saturated rings. The summed E-state index contributed by atoms with van der Waals surface area (Å²) in [6.07, 6.45) is 5.09. The maximum Gasteiger partial charge on any atom is 0.192 e. The van der Waals surface area contributed by atoms with E-state index in [4.69, 9.17) is 0 Å². The van der Waals surface area contributed by atoms with Crippen LogP contribution in [0.1, 0.15) is 46.0 Å². The van der Waals surface area contributed by atoms with Crippen molar-refractivity contribution in [3.05, 3.63) is 0 Å². The van der Waals surface area contributed by atoms with Crippen LogP contribution in [-0.4, -0.2) is 15.3 Å². The molecule has 0 heterocycles. The first-order valence-electron chi connectivity index (χ1n) is 5.00. The van der Waals surface area contributed by atoms with Gasteiger partial charge in [0.05, 0.1) is 0 Å². The summed E-state index contributed by atoms with van der Waals surface area (Å²) in [4.78, 5) is 10.6. The number of carbonyl (C=O) groups excluding carboxylic acids is 1. The lowest BCUT2D eigenvalue weighted by atomic mass is 10.2. The molecule has 0 spiro atoms. The Labute approximate surface area is 105 Å². The van der Waals surface area contributed by atoms with Crippen molar-refractivity contribution in [2.24, 2.45) is 4.40 Å². The van der Waals surface area contributed by atoms with Crippen LogP contribution in [-0.2, 0) is 4.79 Å². The SMILES string of the molecule is CC/C(C)=N/SCCCCCC(=O)I. The van der Waals surface area contributed by atoms with Crippen molar-refractivity contribution in [3.8, 4) is 0 Å². The highest BCUT2D eigenvalue weighted by atomic mass is 127. The number of unbranched alkanes of at least 4 members (excludes halogenated alkanes) is 2. The second kappa shape index (κ2) is 9.96. The van der Waals surface area contributed by atoms with Crippen LogP contribution < -0.4 is 0 Å². The average molecular weight is 327 g/mol. The predicted molar refractivity (Wildman–Crippen MR) is 73.4 cm³/mol. The quantitative estimate of drug-likeness (QED) is 0.221. The van der Waals surface area contributed by atoms with E-state index in [9.17, 15) is 4.79 Å². The normalized spacial score (nSPS) is 11.8. The number of hydrogen-bond donors (Lipinski definition) is 0. The summed E-state index contributed by atoms with van der Waals surface area (Å²) in [6.45, 7) is 4.17. The Kier molecular flexibility index (Phi) is 10.3. The van der Waals surface area contributed by atoms with E-state index in [-0.39, 0.29) is 3.79 Å². The van der Waals surface area contributed by atoms with Crippen molar-refractivity contribution in [1.29, 1.82) is 0 Å². The minimum Gasteiger partial charge on any atom is -0.288 e. The van der Waals surface area contributed by atoms with Crippen molar-refractivity contribution < 1.29 is 4.79 Å². The van der Waals surface area contributed by atoms with Crippen LogP contribution in [0.25, 0.3) is 0 Å². The van der Waals surface area contributed by atoms with Gasteiger partial charge in [0.15, 0.2) is 3.79 Å². The highest BCUT2D eigenvalue weighted by molar-refractivity contribution is 14.1. The zero-order chi connectivity index (χ0) is 10.8. The van der Waals surface area contributed by atoms with Gasteiger partial charge in [-0.25, -0.2) is 4.40 Å². The highest BCUT2D eigenvalue weighted by Gasteiger charge is 1.95. The van der Waals surface area contributed by atoms with Gasteiger partial charge in [0.2, 0.25) is 0 Å². The summed E-state index contributed by atoms with van der Waals surface area (Å²) in [7, 11) is 0. The van der Waals surface area contributed by atoms with Crippen LogP contribution in [0.15, 0.2) is 4.40 Å². The fourth-order valence-electron chi connectivity index (χ4n) is 0.828. The summed E-state index contributed by atoms with van der Waals surface area (Å²) in [5.74, 6) is 1.08. The van der Waals surface area contributed by atoms with Crippen molar-refractivity contribution in [1.82, 2.24) is 0 Å². The third kappa shape index (κ3) is 10.5. The molecule has 0 unspecified atom stereocenters. The minimum atomic E-state index is 0.273. The molecule has 4 heteroatoms. The van der Waals surface area contributed by atoms with E-state index >= 15 is 0 Å². The Hall–Kier alpha value is 0.420. The zero-order valence-corrected chi connectivity index (χ0v) is 11.9. The molecule has 82 valence electrons. The molecule has 0 atom stereocenters. The summed E-state index contributed by atoms with van der Waals surface area (Å²) < 4.78 is 4.61. The number of carbonyl (C=O) groups is 1. The van der Waals surface area contributed by atoms with E-state index in [0.717, 1.165) is 37.9 Å². The third-order valence-corrected chi connectivity index (χ3v) is 3.29. The van der Waals surface area contributed by atoms with Gasteiger partial charge in [0.25, 0.3) is 0 Å². The van der Waals surface area contributed by atoms with Crippen LogP contribution in [0.3, 0.4) is 0 Å². The van der Waals surface area contributed by atoms with Crippen LogP contribution in [0.2, 0.25) is 0 Å². The van der Waals surface area contributed by atoms with E-state index in [1.807, 2.05) is 22.6 Å². The van der Waals surface area contributed by atoms with E-state index in [1.54, 1.807) is 11.9 Å². The number of hydrogen-bond acceptors (Lipinski definition) is 3. The molecule has 0 amide bonds. The smallest absolute Gasteiger partial charge is 0.192 e. The molecule has 2 nitrogen and oxygen atoms in total. The summed E-state index contributed by atoms with van der Waals surface area (Å²) in [6, 6.07) is 0. The molecule has 0 aromatic carbocycles. The maximum absolute atomic E-state index is 10.6. The first-order chi connectivity index (χ1) is 6.66. The zero-order valence-electron chi connectivity index (χ0n) is 8.88. The molecule has 14 heavy (non-hydrogen) atoms. The predicted octanol–water partition coefficient (Wildman–Crippen LogP) is 4.03. The van der Waals surface area contributed by atoms with Gasteiger partial charge in [0.1, 0.15) is 0 Å². The Morgan fingerprint density at radius 1 is 1.36 bits per heavy atom. The van der Waals surface area contributed by atoms with Gasteiger partial charge < -0.3 is 0 Å². The van der Waals surface area contributed by atoms with Gasteiger partial charge in [-0.1, -0.05) is 13.3 Å². The Morgan fingerprint density at radius 2 is 2.07 bits per heavy atom. The van der Waals surface area contributed by atoms with Crippen LogP contribution >= 0.6 is 34.5 Å². The summed E-state index contributed by atoms with van der Waals surface area (Å²) in [5.41, 5.74) is 1.21. The van der Waals surface area contributed by atoms with Crippen LogP contribution in [0.4, 0.5) is 0 Å². The highest BCUT2D eigenvalue weighted by Crippen LogP contribution is 2.10. The summed E-state index contributed by atoms with van der Waals surface area (Å²) in [5, 5.41) is 0. The lowest BCUT2D eigenvalue weighted by Gasteiger charge is -1.97. The first kappa shape index (κ1) is 14.4. The lowest BCUT2D eigenvalue weighted by molar-refractivity contribution is -0.109. The van der Waals surface area contributed by atoms with Gasteiger partial charge in [0, 0.05) is 17.9 Å². The Balaban J connectivity index is 3.18. The molecular weight excluding hydrogens is 309 g/mol. The topological polar surface area (TPSA) is 29.4 Å². The fraction of sp³-hybridized carbons (Fsp3) is 0.800. The van der Waals surface area contributed by atoms with Gasteiger partial charge in [-0.3, -0.25) is 4.79 Å². The van der Waals surface area contributed by atoms with E-state index in [1.165, 1.54) is 5.71 Å². The summed E-state index contributed by atoms with van der Waals surface area (Å²) >= 11 is 3.50. The van der Waals surface area contributed by atoms with E-state index in [2.05, 4.69) is 18.2 Å². The Bertz CT molecular complexity index is 195. The minimum absolute atomic E-state index is 0.273. The molecule has 0 rings (SSSR count). The van der Waals surface area contributed by atoms with Crippen LogP contribution in [0.5, 0.6) is 0 Å². The van der Waals surface area contributed by atoms with Crippen LogP contribution in [0, 0.1) is 0 Å². The number of nitrogens with zero attached hydrogens (tertiary/aromatic N) is 1. The van der Waals surface area contributed by atoms with Gasteiger partial charge in [-0.05, 0) is 60.7 Å². The molecule has 0 radical (unpaired) electrons.